The summed E-state index contributed by atoms with van der Waals surface area (Å²) in [6, 6.07) is 6.60. The van der Waals surface area contributed by atoms with Crippen LogP contribution in [0.15, 0.2) is 30.5 Å². The summed E-state index contributed by atoms with van der Waals surface area (Å²) in [5, 5.41) is 17.0. The molecule has 0 bridgehead atoms. The van der Waals surface area contributed by atoms with Gasteiger partial charge in [-0.2, -0.15) is 0 Å². The molecule has 0 unspecified atom stereocenters. The number of ether oxygens (including phenoxy) is 1. The SMILES string of the molecule is Cc1ccc(-n2cc(C(=O)N3CCOC[C@H]3C(=O)O)nn2)cc1. The molecule has 2 heterocycles. The number of carbonyl (C=O) groups is 2. The maximum atomic E-state index is 12.5. The lowest BCUT2D eigenvalue weighted by Gasteiger charge is -2.32. The molecule has 3 rings (SSSR count). The van der Waals surface area contributed by atoms with Crippen LogP contribution in [-0.4, -0.2) is 62.7 Å². The van der Waals surface area contributed by atoms with Gasteiger partial charge in [-0.25, -0.2) is 9.48 Å². The molecule has 0 radical (unpaired) electrons. The third kappa shape index (κ3) is 3.07. The zero-order chi connectivity index (χ0) is 16.4. The second kappa shape index (κ2) is 6.17. The summed E-state index contributed by atoms with van der Waals surface area (Å²) >= 11 is 0. The normalized spacial score (nSPS) is 18.0. The minimum Gasteiger partial charge on any atom is -0.480 e. The molecule has 1 aliphatic heterocycles. The van der Waals surface area contributed by atoms with Gasteiger partial charge in [0.15, 0.2) is 11.7 Å². The monoisotopic (exact) mass is 316 g/mol. The van der Waals surface area contributed by atoms with E-state index in [0.29, 0.717) is 6.61 Å². The Hall–Kier alpha value is -2.74. The van der Waals surface area contributed by atoms with Crippen LogP contribution in [0.4, 0.5) is 0 Å². The summed E-state index contributed by atoms with van der Waals surface area (Å²) in [6.45, 7) is 2.48. The summed E-state index contributed by atoms with van der Waals surface area (Å²) in [6.07, 6.45) is 1.50. The molecule has 2 aromatic rings. The summed E-state index contributed by atoms with van der Waals surface area (Å²) in [5.41, 5.74) is 2.00. The van der Waals surface area contributed by atoms with Gasteiger partial charge < -0.3 is 14.7 Å². The largest absolute Gasteiger partial charge is 0.480 e. The number of aromatic nitrogens is 3. The Morgan fingerprint density at radius 2 is 2.04 bits per heavy atom. The summed E-state index contributed by atoms with van der Waals surface area (Å²) in [7, 11) is 0. The van der Waals surface area contributed by atoms with Gasteiger partial charge in [0.1, 0.15) is 0 Å². The van der Waals surface area contributed by atoms with Crippen molar-refractivity contribution in [2.75, 3.05) is 19.8 Å². The minimum absolute atomic E-state index is 0.0207. The van der Waals surface area contributed by atoms with Crippen LogP contribution in [0.5, 0.6) is 0 Å². The van der Waals surface area contributed by atoms with Gasteiger partial charge in [-0.15, -0.1) is 5.10 Å². The smallest absolute Gasteiger partial charge is 0.328 e. The predicted octanol–water partition coefficient (Wildman–Crippen LogP) is 0.501. The molecule has 1 saturated heterocycles. The molecule has 1 amide bonds. The molecule has 1 aliphatic rings. The highest BCUT2D eigenvalue weighted by molar-refractivity contribution is 5.95. The van der Waals surface area contributed by atoms with Crippen LogP contribution < -0.4 is 0 Å². The summed E-state index contributed by atoms with van der Waals surface area (Å²) in [4.78, 5) is 25.0. The average molecular weight is 316 g/mol. The molecule has 120 valence electrons. The van der Waals surface area contributed by atoms with Crippen molar-refractivity contribution in [2.45, 2.75) is 13.0 Å². The van der Waals surface area contributed by atoms with Gasteiger partial charge in [0.25, 0.3) is 5.91 Å². The van der Waals surface area contributed by atoms with Crippen LogP contribution in [0.3, 0.4) is 0 Å². The summed E-state index contributed by atoms with van der Waals surface area (Å²) < 4.78 is 6.62. The first-order valence-corrected chi connectivity index (χ1v) is 7.17. The highest BCUT2D eigenvalue weighted by atomic mass is 16.5. The number of aliphatic carboxylic acids is 1. The van der Waals surface area contributed by atoms with Crippen molar-refractivity contribution in [3.05, 3.63) is 41.7 Å². The molecular weight excluding hydrogens is 300 g/mol. The van der Waals surface area contributed by atoms with Crippen LogP contribution in [0.1, 0.15) is 16.1 Å². The molecule has 1 N–H and O–H groups in total. The molecular formula is C15H16N4O4. The Bertz CT molecular complexity index is 725. The van der Waals surface area contributed by atoms with E-state index in [2.05, 4.69) is 10.3 Å². The Labute approximate surface area is 132 Å². The molecule has 23 heavy (non-hydrogen) atoms. The van der Waals surface area contributed by atoms with E-state index in [1.807, 2.05) is 31.2 Å². The first-order chi connectivity index (χ1) is 11.1. The van der Waals surface area contributed by atoms with Crippen molar-refractivity contribution >= 4 is 11.9 Å². The Morgan fingerprint density at radius 3 is 2.74 bits per heavy atom. The van der Waals surface area contributed by atoms with Crippen molar-refractivity contribution in [3.8, 4) is 5.69 Å². The van der Waals surface area contributed by atoms with E-state index in [4.69, 9.17) is 4.74 Å². The number of benzene rings is 1. The minimum atomic E-state index is -1.09. The van der Waals surface area contributed by atoms with E-state index in [0.717, 1.165) is 11.3 Å². The van der Waals surface area contributed by atoms with Crippen LogP contribution >= 0.6 is 0 Å². The van der Waals surface area contributed by atoms with Gasteiger partial charge in [0, 0.05) is 6.54 Å². The number of aryl methyl sites for hydroxylation is 1. The van der Waals surface area contributed by atoms with Crippen LogP contribution in [0.25, 0.3) is 5.69 Å². The fourth-order valence-corrected chi connectivity index (χ4v) is 2.38. The number of nitrogens with zero attached hydrogens (tertiary/aromatic N) is 4. The Morgan fingerprint density at radius 1 is 1.30 bits per heavy atom. The van der Waals surface area contributed by atoms with Crippen molar-refractivity contribution in [2.24, 2.45) is 0 Å². The molecule has 8 heteroatoms. The number of morpholine rings is 1. The van der Waals surface area contributed by atoms with Gasteiger partial charge in [0.2, 0.25) is 0 Å². The van der Waals surface area contributed by atoms with Crippen LogP contribution in [0.2, 0.25) is 0 Å². The molecule has 1 aromatic carbocycles. The maximum absolute atomic E-state index is 12.5. The average Bonchev–Trinajstić information content (AvgIpc) is 3.04. The summed E-state index contributed by atoms with van der Waals surface area (Å²) in [5.74, 6) is -1.55. The van der Waals surface area contributed by atoms with E-state index in [-0.39, 0.29) is 18.8 Å². The molecule has 0 saturated carbocycles. The lowest BCUT2D eigenvalue weighted by molar-refractivity contribution is -0.147. The van der Waals surface area contributed by atoms with Crippen molar-refractivity contribution < 1.29 is 19.4 Å². The number of rotatable bonds is 3. The van der Waals surface area contributed by atoms with Gasteiger partial charge in [0.05, 0.1) is 25.1 Å². The van der Waals surface area contributed by atoms with Gasteiger partial charge in [-0.05, 0) is 19.1 Å². The molecule has 1 atom stereocenters. The van der Waals surface area contributed by atoms with Crippen LogP contribution in [0, 0.1) is 6.92 Å². The number of hydrogen-bond donors (Lipinski definition) is 1. The predicted molar refractivity (Wildman–Crippen MR) is 79.4 cm³/mol. The van der Waals surface area contributed by atoms with Gasteiger partial charge in [-0.3, -0.25) is 4.79 Å². The third-order valence-electron chi connectivity index (χ3n) is 3.69. The Kier molecular flexibility index (Phi) is 4.07. The van der Waals surface area contributed by atoms with E-state index in [1.165, 1.54) is 15.8 Å². The molecule has 0 spiro atoms. The van der Waals surface area contributed by atoms with Crippen molar-refractivity contribution in [3.63, 3.8) is 0 Å². The number of carbonyl (C=O) groups excluding carboxylic acids is 1. The van der Waals surface area contributed by atoms with E-state index in [1.54, 1.807) is 0 Å². The standard InChI is InChI=1S/C15H16N4O4/c1-10-2-4-11(5-3-10)19-8-12(16-17-19)14(20)18-6-7-23-9-13(18)15(21)22/h2-5,8,13H,6-7,9H2,1H3,(H,21,22)/t13-/m0/s1. The Balaban J connectivity index is 1.83. The highest BCUT2D eigenvalue weighted by Gasteiger charge is 2.34. The number of amides is 1. The molecule has 8 nitrogen and oxygen atoms in total. The van der Waals surface area contributed by atoms with Gasteiger partial charge >= 0.3 is 5.97 Å². The topological polar surface area (TPSA) is 97.5 Å². The first-order valence-electron chi connectivity index (χ1n) is 7.17. The molecule has 1 fully saturated rings. The second-order valence-electron chi connectivity index (χ2n) is 5.31. The van der Waals surface area contributed by atoms with E-state index >= 15 is 0 Å². The van der Waals surface area contributed by atoms with E-state index in [9.17, 15) is 14.7 Å². The first kappa shape index (κ1) is 15.2. The fraction of sp³-hybridized carbons (Fsp3) is 0.333. The number of carboxylic acid groups (broad SMARTS) is 1. The lowest BCUT2D eigenvalue weighted by atomic mass is 10.2. The van der Waals surface area contributed by atoms with Crippen LogP contribution in [-0.2, 0) is 9.53 Å². The fourth-order valence-electron chi connectivity index (χ4n) is 2.38. The molecule has 1 aromatic heterocycles. The lowest BCUT2D eigenvalue weighted by Crippen LogP contribution is -2.52. The number of hydrogen-bond acceptors (Lipinski definition) is 5. The van der Waals surface area contributed by atoms with Gasteiger partial charge in [-0.1, -0.05) is 22.9 Å². The third-order valence-corrected chi connectivity index (χ3v) is 3.69. The van der Waals surface area contributed by atoms with Crippen molar-refractivity contribution in [1.29, 1.82) is 0 Å². The molecule has 0 aliphatic carbocycles. The van der Waals surface area contributed by atoms with Crippen molar-refractivity contribution in [1.82, 2.24) is 19.9 Å². The number of carboxylic acids is 1. The van der Waals surface area contributed by atoms with E-state index < -0.39 is 17.9 Å². The maximum Gasteiger partial charge on any atom is 0.328 e. The zero-order valence-electron chi connectivity index (χ0n) is 12.5. The second-order valence-corrected chi connectivity index (χ2v) is 5.31. The zero-order valence-corrected chi connectivity index (χ0v) is 12.5. The quantitative estimate of drug-likeness (QED) is 0.885. The highest BCUT2D eigenvalue weighted by Crippen LogP contribution is 2.13.